The molecule has 1 aliphatic rings. The Balaban J connectivity index is 1.76. The van der Waals surface area contributed by atoms with E-state index in [0.29, 0.717) is 16.0 Å². The summed E-state index contributed by atoms with van der Waals surface area (Å²) in [5.41, 5.74) is 7.61. The van der Waals surface area contributed by atoms with Gasteiger partial charge in [-0.15, -0.1) is 11.3 Å². The molecule has 1 amide bonds. The average Bonchev–Trinajstić information content (AvgIpc) is 3.11. The number of amides is 1. The zero-order valence-electron chi connectivity index (χ0n) is 12.3. The number of anilines is 1. The fourth-order valence-electron chi connectivity index (χ4n) is 3.24. The molecule has 3 rings (SSSR count). The summed E-state index contributed by atoms with van der Waals surface area (Å²) in [5, 5.41) is 3.10. The molecule has 2 aromatic heterocycles. The number of rotatable bonds is 4. The minimum Gasteiger partial charge on any atom is -0.396 e. The number of nitrogens with two attached hydrogens (primary N) is 1. The van der Waals surface area contributed by atoms with E-state index in [9.17, 15) is 4.79 Å². The molecular formula is C16H21N3OS. The molecule has 4 nitrogen and oxygen atoms in total. The molecule has 0 bridgehead atoms. The molecule has 0 saturated heterocycles. The number of pyridine rings is 1. The molecule has 1 fully saturated rings. The maximum atomic E-state index is 12.4. The van der Waals surface area contributed by atoms with Crippen molar-refractivity contribution in [2.24, 2.45) is 5.41 Å². The molecule has 5 heteroatoms. The maximum Gasteiger partial charge on any atom is 0.263 e. The third kappa shape index (κ3) is 2.62. The number of fused-ring (bicyclic) bond motifs is 1. The Morgan fingerprint density at radius 3 is 2.90 bits per heavy atom. The molecule has 0 radical (unpaired) electrons. The van der Waals surface area contributed by atoms with E-state index in [0.717, 1.165) is 23.2 Å². The van der Waals surface area contributed by atoms with Gasteiger partial charge >= 0.3 is 0 Å². The van der Waals surface area contributed by atoms with E-state index < -0.39 is 0 Å². The van der Waals surface area contributed by atoms with Crippen molar-refractivity contribution in [3.63, 3.8) is 0 Å². The summed E-state index contributed by atoms with van der Waals surface area (Å²) >= 11 is 1.42. The van der Waals surface area contributed by atoms with Crippen LogP contribution < -0.4 is 11.1 Å². The van der Waals surface area contributed by atoms with Gasteiger partial charge in [0.25, 0.3) is 5.91 Å². The van der Waals surface area contributed by atoms with Crippen LogP contribution in [0.5, 0.6) is 0 Å². The smallest absolute Gasteiger partial charge is 0.263 e. The Labute approximate surface area is 128 Å². The van der Waals surface area contributed by atoms with Crippen LogP contribution in [0.25, 0.3) is 10.2 Å². The van der Waals surface area contributed by atoms with Crippen LogP contribution >= 0.6 is 11.3 Å². The molecule has 0 aromatic carbocycles. The van der Waals surface area contributed by atoms with Crippen LogP contribution in [0.1, 0.15) is 48.7 Å². The number of nitrogen functional groups attached to an aromatic ring is 1. The number of nitrogens with zero attached hydrogens (tertiary/aromatic N) is 1. The quantitative estimate of drug-likeness (QED) is 0.907. The van der Waals surface area contributed by atoms with E-state index in [1.54, 1.807) is 6.20 Å². The Hall–Kier alpha value is -1.62. The number of thiophene rings is 1. The van der Waals surface area contributed by atoms with E-state index >= 15 is 0 Å². The van der Waals surface area contributed by atoms with Crippen molar-refractivity contribution < 1.29 is 4.79 Å². The first kappa shape index (κ1) is 14.3. The van der Waals surface area contributed by atoms with Crippen molar-refractivity contribution in [1.82, 2.24) is 10.3 Å². The zero-order valence-corrected chi connectivity index (χ0v) is 13.1. The fourth-order valence-corrected chi connectivity index (χ4v) is 4.24. The van der Waals surface area contributed by atoms with Crippen LogP contribution in [0, 0.1) is 5.41 Å². The predicted molar refractivity (Wildman–Crippen MR) is 87.6 cm³/mol. The van der Waals surface area contributed by atoms with Gasteiger partial charge in [-0.1, -0.05) is 19.8 Å². The SMILES string of the molecule is CCC1(CNC(=O)c2sc3cccnc3c2N)CCCC1. The first-order valence-electron chi connectivity index (χ1n) is 7.56. The molecule has 0 atom stereocenters. The average molecular weight is 303 g/mol. The first-order chi connectivity index (χ1) is 10.2. The number of carbonyl (C=O) groups is 1. The lowest BCUT2D eigenvalue weighted by Gasteiger charge is -2.27. The highest BCUT2D eigenvalue weighted by Gasteiger charge is 2.32. The lowest BCUT2D eigenvalue weighted by atomic mass is 9.83. The van der Waals surface area contributed by atoms with Crippen molar-refractivity contribution in [3.8, 4) is 0 Å². The van der Waals surface area contributed by atoms with Crippen molar-refractivity contribution in [2.75, 3.05) is 12.3 Å². The topological polar surface area (TPSA) is 68.0 Å². The van der Waals surface area contributed by atoms with Crippen molar-refractivity contribution in [2.45, 2.75) is 39.0 Å². The molecule has 2 heterocycles. The summed E-state index contributed by atoms with van der Waals surface area (Å²) in [4.78, 5) is 17.3. The lowest BCUT2D eigenvalue weighted by molar-refractivity contribution is 0.0933. The van der Waals surface area contributed by atoms with Crippen molar-refractivity contribution in [1.29, 1.82) is 0 Å². The summed E-state index contributed by atoms with van der Waals surface area (Å²) in [7, 11) is 0. The van der Waals surface area contributed by atoms with E-state index in [1.807, 2.05) is 12.1 Å². The fraction of sp³-hybridized carbons (Fsp3) is 0.500. The van der Waals surface area contributed by atoms with E-state index in [1.165, 1.54) is 37.0 Å². The molecule has 0 aliphatic heterocycles. The molecule has 3 N–H and O–H groups in total. The number of hydrogen-bond donors (Lipinski definition) is 2. The van der Waals surface area contributed by atoms with Crippen LogP contribution in [-0.4, -0.2) is 17.4 Å². The summed E-state index contributed by atoms with van der Waals surface area (Å²) < 4.78 is 0.964. The van der Waals surface area contributed by atoms with Crippen LogP contribution in [0.3, 0.4) is 0 Å². The number of hydrogen-bond acceptors (Lipinski definition) is 4. The Bertz CT molecular complexity index is 659. The Morgan fingerprint density at radius 2 is 2.24 bits per heavy atom. The van der Waals surface area contributed by atoms with Crippen molar-refractivity contribution in [3.05, 3.63) is 23.2 Å². The lowest BCUT2D eigenvalue weighted by Crippen LogP contribution is -2.35. The van der Waals surface area contributed by atoms with Gasteiger partial charge in [-0.05, 0) is 36.8 Å². The highest BCUT2D eigenvalue weighted by atomic mass is 32.1. The third-order valence-electron chi connectivity index (χ3n) is 4.73. The Kier molecular flexibility index (Phi) is 3.85. The number of carbonyl (C=O) groups excluding carboxylic acids is 1. The van der Waals surface area contributed by atoms with Crippen LogP contribution in [0.4, 0.5) is 5.69 Å². The van der Waals surface area contributed by atoms with Gasteiger partial charge in [-0.3, -0.25) is 9.78 Å². The van der Waals surface area contributed by atoms with E-state index in [-0.39, 0.29) is 5.91 Å². The monoisotopic (exact) mass is 303 g/mol. The molecule has 1 aliphatic carbocycles. The molecular weight excluding hydrogens is 282 g/mol. The highest BCUT2D eigenvalue weighted by Crippen LogP contribution is 2.40. The largest absolute Gasteiger partial charge is 0.396 e. The van der Waals surface area contributed by atoms with Crippen LogP contribution in [-0.2, 0) is 0 Å². The maximum absolute atomic E-state index is 12.4. The second-order valence-corrected chi connectivity index (χ2v) is 6.99. The second-order valence-electron chi connectivity index (χ2n) is 5.94. The highest BCUT2D eigenvalue weighted by molar-refractivity contribution is 7.21. The van der Waals surface area contributed by atoms with Gasteiger partial charge in [0.1, 0.15) is 10.4 Å². The first-order valence-corrected chi connectivity index (χ1v) is 8.38. The summed E-state index contributed by atoms with van der Waals surface area (Å²) in [6.07, 6.45) is 7.81. The van der Waals surface area contributed by atoms with Gasteiger partial charge in [0, 0.05) is 12.7 Å². The number of aromatic nitrogens is 1. The molecule has 1 saturated carbocycles. The standard InChI is InChI=1S/C16H21N3OS/c1-2-16(7-3-4-8-16)10-19-15(20)14-12(17)13-11(21-14)6-5-9-18-13/h5-6,9H,2-4,7-8,10,17H2,1H3,(H,19,20). The van der Waals surface area contributed by atoms with Gasteiger partial charge in [0.15, 0.2) is 0 Å². The van der Waals surface area contributed by atoms with Gasteiger partial charge in [-0.2, -0.15) is 0 Å². The summed E-state index contributed by atoms with van der Waals surface area (Å²) in [6, 6.07) is 3.81. The van der Waals surface area contributed by atoms with Gasteiger partial charge in [0.2, 0.25) is 0 Å². The summed E-state index contributed by atoms with van der Waals surface area (Å²) in [5.74, 6) is -0.0600. The molecule has 21 heavy (non-hydrogen) atoms. The molecule has 0 spiro atoms. The van der Waals surface area contributed by atoms with Crippen LogP contribution in [0.15, 0.2) is 18.3 Å². The number of nitrogens with one attached hydrogen (secondary N) is 1. The molecule has 2 aromatic rings. The molecule has 112 valence electrons. The van der Waals surface area contributed by atoms with Gasteiger partial charge < -0.3 is 11.1 Å². The molecule has 0 unspecified atom stereocenters. The van der Waals surface area contributed by atoms with Crippen molar-refractivity contribution >= 4 is 33.1 Å². The summed E-state index contributed by atoms with van der Waals surface area (Å²) in [6.45, 7) is 2.97. The normalized spacial score (nSPS) is 17.2. The minimum atomic E-state index is -0.0600. The minimum absolute atomic E-state index is 0.0600. The zero-order chi connectivity index (χ0) is 14.9. The van der Waals surface area contributed by atoms with Crippen LogP contribution in [0.2, 0.25) is 0 Å². The van der Waals surface area contributed by atoms with Gasteiger partial charge in [-0.25, -0.2) is 0 Å². The second kappa shape index (κ2) is 5.64. The van der Waals surface area contributed by atoms with E-state index in [4.69, 9.17) is 5.73 Å². The predicted octanol–water partition coefficient (Wildman–Crippen LogP) is 3.58. The third-order valence-corrected chi connectivity index (χ3v) is 5.89. The van der Waals surface area contributed by atoms with Gasteiger partial charge in [0.05, 0.1) is 10.4 Å². The Morgan fingerprint density at radius 1 is 1.48 bits per heavy atom. The van der Waals surface area contributed by atoms with E-state index in [2.05, 4.69) is 17.2 Å².